The van der Waals surface area contributed by atoms with E-state index in [2.05, 4.69) is 30.5 Å². The molecule has 19 heavy (non-hydrogen) atoms. The summed E-state index contributed by atoms with van der Waals surface area (Å²) in [7, 11) is -3.25. The first-order chi connectivity index (χ1) is 8.32. The molecule has 110 valence electrons. The van der Waals surface area contributed by atoms with Gasteiger partial charge in [0.1, 0.15) is 0 Å². The molecule has 7 heteroatoms. The molecule has 0 aliphatic rings. The molecule has 5 nitrogen and oxygen atoms in total. The predicted molar refractivity (Wildman–Crippen MR) is 80.4 cm³/mol. The smallest absolute Gasteiger partial charge is 0.209 e. The average Bonchev–Trinajstić information content (AvgIpc) is 2.41. The molecule has 2 N–H and O–H groups in total. The molecule has 0 amide bonds. The Morgan fingerprint density at radius 2 is 1.84 bits per heavy atom. The predicted octanol–water partition coefficient (Wildman–Crippen LogP) is 2.17. The summed E-state index contributed by atoms with van der Waals surface area (Å²) < 4.78 is 28.0. The Hall–Kier alpha value is -0.660. The molecule has 0 spiro atoms. The highest BCUT2D eigenvalue weighted by Gasteiger charge is 2.27. The number of nitrogens with one attached hydrogen (secondary N) is 2. The highest BCUT2D eigenvalue weighted by molar-refractivity contribution is 7.88. The van der Waals surface area contributed by atoms with Gasteiger partial charge in [-0.3, -0.25) is 0 Å². The van der Waals surface area contributed by atoms with Crippen molar-refractivity contribution in [3.05, 3.63) is 16.7 Å². The molecule has 0 fully saturated rings. The highest BCUT2D eigenvalue weighted by atomic mass is 32.2. The molecule has 0 unspecified atom stereocenters. The van der Waals surface area contributed by atoms with Crippen LogP contribution in [0.2, 0.25) is 0 Å². The molecule has 0 aromatic carbocycles. The number of aromatic nitrogens is 2. The number of hydrogen-bond donors (Lipinski definition) is 2. The molecule has 1 aromatic rings. The molecule has 1 aromatic heterocycles. The maximum Gasteiger partial charge on any atom is 0.209 e. The van der Waals surface area contributed by atoms with E-state index in [1.807, 2.05) is 24.6 Å². The van der Waals surface area contributed by atoms with Crippen LogP contribution in [0.4, 0.5) is 0 Å². The van der Waals surface area contributed by atoms with E-state index >= 15 is 0 Å². The normalized spacial score (nSPS) is 13.8. The third kappa shape index (κ3) is 4.74. The Kier molecular flexibility index (Phi) is 4.34. The molecule has 0 radical (unpaired) electrons. The third-order valence-corrected chi connectivity index (χ3v) is 3.91. The molecule has 0 aliphatic carbocycles. The minimum absolute atomic E-state index is 0.0608. The van der Waals surface area contributed by atoms with E-state index in [0.717, 1.165) is 11.9 Å². The minimum atomic E-state index is -3.25. The van der Waals surface area contributed by atoms with Crippen LogP contribution >= 0.6 is 12.2 Å². The van der Waals surface area contributed by atoms with Gasteiger partial charge in [-0.15, -0.1) is 0 Å². The van der Waals surface area contributed by atoms with Crippen molar-refractivity contribution in [2.45, 2.75) is 52.1 Å². The number of sulfonamides is 1. The maximum absolute atomic E-state index is 11.4. The maximum atomic E-state index is 11.4. The Bertz CT molecular complexity index is 604. The van der Waals surface area contributed by atoms with Crippen molar-refractivity contribution in [1.29, 1.82) is 0 Å². The number of H-pyrrole nitrogens is 1. The summed E-state index contributed by atoms with van der Waals surface area (Å²) in [5.41, 5.74) is 0.392. The van der Waals surface area contributed by atoms with Crippen molar-refractivity contribution in [3.8, 4) is 0 Å². The lowest BCUT2D eigenvalue weighted by Gasteiger charge is -2.29. The summed E-state index contributed by atoms with van der Waals surface area (Å²) in [4.78, 5) is 3.03. The zero-order chi connectivity index (χ0) is 15.1. The summed E-state index contributed by atoms with van der Waals surface area (Å²) in [6.07, 6.45) is 3.05. The second-order valence-corrected chi connectivity index (χ2v) is 8.71. The summed E-state index contributed by atoms with van der Waals surface area (Å²) in [5, 5.41) is 0. The van der Waals surface area contributed by atoms with E-state index in [-0.39, 0.29) is 5.41 Å². The molecular weight excluding hydrogens is 282 g/mol. The van der Waals surface area contributed by atoms with Crippen LogP contribution < -0.4 is 4.72 Å². The Morgan fingerprint density at radius 3 is 2.26 bits per heavy atom. The van der Waals surface area contributed by atoms with Gasteiger partial charge in [-0.05, 0) is 26.1 Å². The third-order valence-electron chi connectivity index (χ3n) is 2.65. The van der Waals surface area contributed by atoms with Gasteiger partial charge < -0.3 is 9.55 Å². The monoisotopic (exact) mass is 305 g/mol. The Balaban J connectivity index is 3.13. The topological polar surface area (TPSA) is 66.9 Å². The summed E-state index contributed by atoms with van der Waals surface area (Å²) in [6, 6.07) is 0. The fourth-order valence-electron chi connectivity index (χ4n) is 2.10. The average molecular weight is 305 g/mol. The van der Waals surface area contributed by atoms with Crippen molar-refractivity contribution in [3.63, 3.8) is 0 Å². The second-order valence-electron chi connectivity index (χ2n) is 6.57. The number of hydrogen-bond acceptors (Lipinski definition) is 3. The standard InChI is InChI=1S/C12H23N3O2S2/c1-11(2,3)9-7-13-10(18)15(9)8-12(4,5)14-19(6,16)17/h7,14H,8H2,1-6H3,(H,13,18). The van der Waals surface area contributed by atoms with Gasteiger partial charge in [0.2, 0.25) is 10.0 Å². The zero-order valence-electron chi connectivity index (χ0n) is 12.4. The van der Waals surface area contributed by atoms with Crippen LogP contribution in [0, 0.1) is 4.77 Å². The number of nitrogens with zero attached hydrogens (tertiary/aromatic N) is 1. The lowest BCUT2D eigenvalue weighted by atomic mass is 9.92. The van der Waals surface area contributed by atoms with Gasteiger partial charge in [-0.2, -0.15) is 0 Å². The first-order valence-corrected chi connectivity index (χ1v) is 8.39. The second kappa shape index (κ2) is 5.03. The Labute approximate surface area is 120 Å². The fraction of sp³-hybridized carbons (Fsp3) is 0.750. The summed E-state index contributed by atoms with van der Waals surface area (Å²) in [6.45, 7) is 10.5. The van der Waals surface area contributed by atoms with Crippen LogP contribution in [0.25, 0.3) is 0 Å². The lowest BCUT2D eigenvalue weighted by Crippen LogP contribution is -2.46. The van der Waals surface area contributed by atoms with E-state index in [9.17, 15) is 8.42 Å². The van der Waals surface area contributed by atoms with Crippen molar-refractivity contribution in [1.82, 2.24) is 14.3 Å². The van der Waals surface area contributed by atoms with E-state index in [4.69, 9.17) is 12.2 Å². The van der Waals surface area contributed by atoms with Crippen LogP contribution in [-0.4, -0.2) is 29.8 Å². The van der Waals surface area contributed by atoms with Crippen molar-refractivity contribution in [2.24, 2.45) is 0 Å². The van der Waals surface area contributed by atoms with Gasteiger partial charge in [0, 0.05) is 29.4 Å². The van der Waals surface area contributed by atoms with Gasteiger partial charge in [0.05, 0.1) is 6.26 Å². The van der Waals surface area contributed by atoms with Crippen LogP contribution in [-0.2, 0) is 22.0 Å². The molecule has 1 rings (SSSR count). The first kappa shape index (κ1) is 16.4. The van der Waals surface area contributed by atoms with E-state index in [1.54, 1.807) is 0 Å². The first-order valence-electron chi connectivity index (χ1n) is 6.09. The fourth-order valence-corrected chi connectivity index (χ4v) is 3.39. The molecule has 0 saturated heterocycles. The lowest BCUT2D eigenvalue weighted by molar-refractivity contribution is 0.371. The van der Waals surface area contributed by atoms with Crippen LogP contribution in [0.5, 0.6) is 0 Å². The van der Waals surface area contributed by atoms with Crippen LogP contribution in [0.3, 0.4) is 0 Å². The van der Waals surface area contributed by atoms with Gasteiger partial charge in [-0.1, -0.05) is 20.8 Å². The van der Waals surface area contributed by atoms with Crippen molar-refractivity contribution >= 4 is 22.2 Å². The van der Waals surface area contributed by atoms with Gasteiger partial charge >= 0.3 is 0 Å². The SMILES string of the molecule is CC(C)(Cn1c(C(C)(C)C)c[nH]c1=S)NS(C)(=O)=O. The van der Waals surface area contributed by atoms with Crippen molar-refractivity contribution in [2.75, 3.05) is 6.26 Å². The molecule has 0 aliphatic heterocycles. The Morgan fingerprint density at radius 1 is 1.32 bits per heavy atom. The van der Waals surface area contributed by atoms with Gasteiger partial charge in [-0.25, -0.2) is 13.1 Å². The highest BCUT2D eigenvalue weighted by Crippen LogP contribution is 2.24. The summed E-state index contributed by atoms with van der Waals surface area (Å²) in [5.74, 6) is 0. The van der Waals surface area contributed by atoms with Crippen LogP contribution in [0.1, 0.15) is 40.3 Å². The minimum Gasteiger partial charge on any atom is -0.337 e. The molecular formula is C12H23N3O2S2. The largest absolute Gasteiger partial charge is 0.337 e. The van der Waals surface area contributed by atoms with Gasteiger partial charge in [0.25, 0.3) is 0 Å². The molecule has 0 bridgehead atoms. The number of rotatable bonds is 4. The van der Waals surface area contributed by atoms with Gasteiger partial charge in [0.15, 0.2) is 4.77 Å². The number of imidazole rings is 1. The van der Waals surface area contributed by atoms with Crippen LogP contribution in [0.15, 0.2) is 6.20 Å². The molecule has 0 atom stereocenters. The quantitative estimate of drug-likeness (QED) is 0.838. The van der Waals surface area contributed by atoms with E-state index in [1.165, 1.54) is 0 Å². The summed E-state index contributed by atoms with van der Waals surface area (Å²) >= 11 is 5.28. The molecule has 1 heterocycles. The van der Waals surface area contributed by atoms with Crippen molar-refractivity contribution < 1.29 is 8.42 Å². The zero-order valence-corrected chi connectivity index (χ0v) is 14.0. The van der Waals surface area contributed by atoms with E-state index < -0.39 is 15.6 Å². The number of aromatic amines is 1. The van der Waals surface area contributed by atoms with E-state index in [0.29, 0.717) is 11.3 Å². The molecule has 0 saturated carbocycles.